The Hall–Kier alpha value is -2.38. The van der Waals surface area contributed by atoms with E-state index in [0.29, 0.717) is 12.1 Å². The lowest BCUT2D eigenvalue weighted by Gasteiger charge is -2.07. The molecular weight excluding hydrogens is 264 g/mol. The highest BCUT2D eigenvalue weighted by Gasteiger charge is 2.06. The third kappa shape index (κ3) is 2.90. The molecule has 5 heteroatoms. The van der Waals surface area contributed by atoms with Crippen molar-refractivity contribution in [1.82, 2.24) is 4.98 Å². The molecule has 0 amide bonds. The van der Waals surface area contributed by atoms with Gasteiger partial charge in [0.05, 0.1) is 24.2 Å². The van der Waals surface area contributed by atoms with Crippen LogP contribution in [0.3, 0.4) is 0 Å². The van der Waals surface area contributed by atoms with Gasteiger partial charge >= 0.3 is 0 Å². The Morgan fingerprint density at radius 2 is 1.95 bits per heavy atom. The van der Waals surface area contributed by atoms with Crippen molar-refractivity contribution in [1.29, 1.82) is 5.26 Å². The van der Waals surface area contributed by atoms with Crippen molar-refractivity contribution in [2.45, 2.75) is 6.42 Å². The summed E-state index contributed by atoms with van der Waals surface area (Å²) >= 11 is 5.78. The van der Waals surface area contributed by atoms with E-state index in [9.17, 15) is 9.90 Å². The number of pyridine rings is 1. The minimum absolute atomic E-state index is 0.0985. The van der Waals surface area contributed by atoms with Gasteiger partial charge in [-0.25, -0.2) is 4.98 Å². The molecule has 0 fully saturated rings. The molecule has 1 heterocycles. The molecule has 2 aromatic rings. The summed E-state index contributed by atoms with van der Waals surface area (Å²) in [6.45, 7) is 0. The van der Waals surface area contributed by atoms with Gasteiger partial charge in [0.1, 0.15) is 5.15 Å². The van der Waals surface area contributed by atoms with Crippen molar-refractivity contribution in [3.63, 3.8) is 0 Å². The number of carboxylic acid groups (broad SMARTS) is 1. The molecule has 0 aliphatic carbocycles. The van der Waals surface area contributed by atoms with E-state index in [1.54, 1.807) is 6.07 Å². The molecule has 0 bridgehead atoms. The van der Waals surface area contributed by atoms with Gasteiger partial charge in [-0.05, 0) is 17.7 Å². The van der Waals surface area contributed by atoms with Crippen LogP contribution >= 0.6 is 11.6 Å². The van der Waals surface area contributed by atoms with Gasteiger partial charge in [-0.2, -0.15) is 5.26 Å². The van der Waals surface area contributed by atoms with E-state index in [4.69, 9.17) is 16.9 Å². The first-order valence-electron chi connectivity index (χ1n) is 5.46. The second kappa shape index (κ2) is 5.51. The number of rotatable bonds is 3. The molecule has 0 unspecified atom stereocenters. The number of nitrogens with zero attached hydrogens (tertiary/aromatic N) is 2. The van der Waals surface area contributed by atoms with Crippen LogP contribution in [0.2, 0.25) is 5.15 Å². The SMILES string of the molecule is N#CCc1ccc(-c2ccc(C(=O)[O-])c(Cl)n2)cc1. The predicted molar refractivity (Wildman–Crippen MR) is 68.3 cm³/mol. The molecule has 1 aromatic heterocycles. The molecule has 0 atom stereocenters. The first-order valence-corrected chi connectivity index (χ1v) is 5.84. The van der Waals surface area contributed by atoms with Crippen LogP contribution in [0.1, 0.15) is 15.9 Å². The van der Waals surface area contributed by atoms with Crippen LogP contribution in [-0.4, -0.2) is 11.0 Å². The first-order chi connectivity index (χ1) is 9.11. The molecule has 0 N–H and O–H groups in total. The maximum absolute atomic E-state index is 10.7. The Kier molecular flexibility index (Phi) is 3.79. The van der Waals surface area contributed by atoms with Crippen LogP contribution in [0.4, 0.5) is 0 Å². The molecule has 0 radical (unpaired) electrons. The largest absolute Gasteiger partial charge is 0.545 e. The van der Waals surface area contributed by atoms with Crippen LogP contribution in [0.25, 0.3) is 11.3 Å². The fraction of sp³-hybridized carbons (Fsp3) is 0.0714. The second-order valence-electron chi connectivity index (χ2n) is 3.85. The second-order valence-corrected chi connectivity index (χ2v) is 4.21. The molecular formula is C14H8ClN2O2-. The summed E-state index contributed by atoms with van der Waals surface area (Å²) in [6.07, 6.45) is 0.345. The first kappa shape index (κ1) is 13.1. The van der Waals surface area contributed by atoms with Crippen molar-refractivity contribution in [2.24, 2.45) is 0 Å². The van der Waals surface area contributed by atoms with E-state index in [1.165, 1.54) is 6.07 Å². The van der Waals surface area contributed by atoms with Gasteiger partial charge in [0.25, 0.3) is 0 Å². The number of aromatic nitrogens is 1. The fourth-order valence-corrected chi connectivity index (χ4v) is 1.86. The number of carbonyl (C=O) groups excluding carboxylic acids is 1. The zero-order valence-corrected chi connectivity index (χ0v) is 10.5. The number of nitriles is 1. The van der Waals surface area contributed by atoms with Gasteiger partial charge in [-0.3, -0.25) is 0 Å². The van der Waals surface area contributed by atoms with Gasteiger partial charge in [0, 0.05) is 11.1 Å². The highest BCUT2D eigenvalue weighted by Crippen LogP contribution is 2.22. The predicted octanol–water partition coefficient (Wildman–Crippen LogP) is 1.83. The summed E-state index contributed by atoms with van der Waals surface area (Å²) in [5, 5.41) is 19.2. The zero-order chi connectivity index (χ0) is 13.8. The molecule has 94 valence electrons. The molecule has 19 heavy (non-hydrogen) atoms. The Labute approximate surface area is 114 Å². The molecule has 1 aromatic carbocycles. The average molecular weight is 272 g/mol. The normalized spacial score (nSPS) is 9.89. The average Bonchev–Trinajstić information content (AvgIpc) is 2.39. The number of carboxylic acids is 1. The van der Waals surface area contributed by atoms with E-state index >= 15 is 0 Å². The number of hydrogen-bond donors (Lipinski definition) is 0. The summed E-state index contributed by atoms with van der Waals surface area (Å²) in [6, 6.07) is 12.3. The van der Waals surface area contributed by atoms with Gasteiger partial charge in [-0.1, -0.05) is 35.9 Å². The highest BCUT2D eigenvalue weighted by atomic mass is 35.5. The molecule has 0 aliphatic heterocycles. The Bertz CT molecular complexity index is 660. The maximum atomic E-state index is 10.7. The van der Waals surface area contributed by atoms with Crippen molar-refractivity contribution in [3.8, 4) is 17.3 Å². The van der Waals surface area contributed by atoms with E-state index in [-0.39, 0.29) is 10.7 Å². The summed E-state index contributed by atoms with van der Waals surface area (Å²) in [7, 11) is 0. The van der Waals surface area contributed by atoms with Crippen molar-refractivity contribution >= 4 is 17.6 Å². The number of hydrogen-bond acceptors (Lipinski definition) is 4. The number of halogens is 1. The lowest BCUT2D eigenvalue weighted by Crippen LogP contribution is -2.22. The number of aromatic carboxylic acids is 1. The number of carbonyl (C=O) groups is 1. The van der Waals surface area contributed by atoms with Crippen LogP contribution in [0.15, 0.2) is 36.4 Å². The van der Waals surface area contributed by atoms with E-state index < -0.39 is 5.97 Å². The van der Waals surface area contributed by atoms with Gasteiger partial charge in [0.15, 0.2) is 0 Å². The quantitative estimate of drug-likeness (QED) is 0.798. The van der Waals surface area contributed by atoms with Gasteiger partial charge in [0.2, 0.25) is 0 Å². The van der Waals surface area contributed by atoms with Crippen molar-refractivity contribution < 1.29 is 9.90 Å². The zero-order valence-electron chi connectivity index (χ0n) is 9.76. The lowest BCUT2D eigenvalue weighted by atomic mass is 10.1. The minimum Gasteiger partial charge on any atom is -0.545 e. The third-order valence-corrected chi connectivity index (χ3v) is 2.89. The Morgan fingerprint density at radius 1 is 1.26 bits per heavy atom. The van der Waals surface area contributed by atoms with Gasteiger partial charge in [-0.15, -0.1) is 0 Å². The minimum atomic E-state index is -1.35. The Morgan fingerprint density at radius 3 is 2.47 bits per heavy atom. The number of benzene rings is 1. The van der Waals surface area contributed by atoms with Crippen LogP contribution in [0, 0.1) is 11.3 Å². The molecule has 0 aliphatic rings. The van der Waals surface area contributed by atoms with Gasteiger partial charge < -0.3 is 9.90 Å². The standard InChI is InChI=1S/C14H9ClN2O2/c15-13-11(14(18)19)5-6-12(17-13)10-3-1-9(2-4-10)7-8-16/h1-6H,7H2,(H,18,19)/p-1. The third-order valence-electron chi connectivity index (χ3n) is 2.60. The molecule has 2 rings (SSSR count). The maximum Gasteiger partial charge on any atom is 0.138 e. The summed E-state index contributed by atoms with van der Waals surface area (Å²) in [5.74, 6) is -1.35. The molecule has 0 spiro atoms. The van der Waals surface area contributed by atoms with Crippen molar-refractivity contribution in [3.05, 3.63) is 52.7 Å². The highest BCUT2D eigenvalue weighted by molar-refractivity contribution is 6.32. The van der Waals surface area contributed by atoms with E-state index in [2.05, 4.69) is 11.1 Å². The van der Waals surface area contributed by atoms with Crippen LogP contribution in [-0.2, 0) is 6.42 Å². The Balaban J connectivity index is 2.34. The summed E-state index contributed by atoms with van der Waals surface area (Å²) < 4.78 is 0. The van der Waals surface area contributed by atoms with E-state index in [0.717, 1.165) is 11.1 Å². The lowest BCUT2D eigenvalue weighted by molar-refractivity contribution is -0.255. The fourth-order valence-electron chi connectivity index (χ4n) is 1.63. The molecule has 0 saturated carbocycles. The summed E-state index contributed by atoms with van der Waals surface area (Å²) in [4.78, 5) is 14.7. The molecule has 0 saturated heterocycles. The topological polar surface area (TPSA) is 76.8 Å². The van der Waals surface area contributed by atoms with Crippen LogP contribution < -0.4 is 5.11 Å². The van der Waals surface area contributed by atoms with Crippen LogP contribution in [0.5, 0.6) is 0 Å². The summed E-state index contributed by atoms with van der Waals surface area (Å²) in [5.41, 5.74) is 2.14. The smallest absolute Gasteiger partial charge is 0.138 e. The van der Waals surface area contributed by atoms with E-state index in [1.807, 2.05) is 24.3 Å². The molecule has 4 nitrogen and oxygen atoms in total. The monoisotopic (exact) mass is 271 g/mol. The van der Waals surface area contributed by atoms with Crippen molar-refractivity contribution in [2.75, 3.05) is 0 Å².